The van der Waals surface area contributed by atoms with Gasteiger partial charge in [0.05, 0.1) is 25.2 Å². The Morgan fingerprint density at radius 2 is 2.38 bits per heavy atom. The minimum absolute atomic E-state index is 0.0357. The quantitative estimate of drug-likeness (QED) is 0.841. The minimum Gasteiger partial charge on any atom is -0.383 e. The van der Waals surface area contributed by atoms with Crippen LogP contribution in [0.25, 0.3) is 0 Å². The number of methoxy groups -OCH3 is 1. The van der Waals surface area contributed by atoms with Crippen molar-refractivity contribution in [1.29, 1.82) is 0 Å². The highest BCUT2D eigenvalue weighted by Gasteiger charge is 2.26. The van der Waals surface area contributed by atoms with Crippen LogP contribution in [0.1, 0.15) is 35.1 Å². The molecule has 3 rings (SSSR count). The maximum atomic E-state index is 12.3. The largest absolute Gasteiger partial charge is 0.383 e. The second-order valence-electron chi connectivity index (χ2n) is 5.29. The SMILES string of the molecule is COCCn1cncc1CNC(=O)c1cccn1C1CC1. The van der Waals surface area contributed by atoms with Crippen molar-refractivity contribution in [3.8, 4) is 0 Å². The number of nitrogens with zero attached hydrogens (tertiary/aromatic N) is 3. The van der Waals surface area contributed by atoms with Gasteiger partial charge in [-0.05, 0) is 25.0 Å². The summed E-state index contributed by atoms with van der Waals surface area (Å²) in [5.74, 6) is -0.0357. The first-order valence-electron chi connectivity index (χ1n) is 7.22. The number of aromatic nitrogens is 3. The van der Waals surface area contributed by atoms with Crippen LogP contribution < -0.4 is 5.32 Å². The maximum absolute atomic E-state index is 12.3. The summed E-state index contributed by atoms with van der Waals surface area (Å²) in [6.45, 7) is 1.83. The first-order chi connectivity index (χ1) is 10.3. The molecule has 0 saturated heterocycles. The van der Waals surface area contributed by atoms with Crippen molar-refractivity contribution in [2.45, 2.75) is 32.0 Å². The number of hydrogen-bond acceptors (Lipinski definition) is 3. The standard InChI is InChI=1S/C15H20N4O2/c1-21-8-7-18-11-16-9-13(18)10-17-15(20)14-3-2-6-19(14)12-4-5-12/h2-3,6,9,11-12H,4-5,7-8,10H2,1H3,(H,17,20). The van der Waals surface area contributed by atoms with E-state index in [9.17, 15) is 4.79 Å². The number of carbonyl (C=O) groups excluding carboxylic acids is 1. The predicted molar refractivity (Wildman–Crippen MR) is 78.0 cm³/mol. The Kier molecular flexibility index (Phi) is 4.06. The van der Waals surface area contributed by atoms with E-state index in [1.165, 1.54) is 12.8 Å². The molecule has 1 fully saturated rings. The molecule has 1 saturated carbocycles. The summed E-state index contributed by atoms with van der Waals surface area (Å²) in [5.41, 5.74) is 1.71. The van der Waals surface area contributed by atoms with Gasteiger partial charge in [0.2, 0.25) is 0 Å². The smallest absolute Gasteiger partial charge is 0.268 e. The molecule has 0 bridgehead atoms. The van der Waals surface area contributed by atoms with Crippen LogP contribution in [0.5, 0.6) is 0 Å². The van der Waals surface area contributed by atoms with Crippen molar-refractivity contribution in [3.05, 3.63) is 42.2 Å². The molecule has 0 unspecified atom stereocenters. The third kappa shape index (κ3) is 3.16. The van der Waals surface area contributed by atoms with E-state index in [0.717, 1.165) is 17.9 Å². The van der Waals surface area contributed by atoms with E-state index in [-0.39, 0.29) is 5.91 Å². The number of ether oxygens (including phenoxy) is 1. The van der Waals surface area contributed by atoms with Crippen LogP contribution in [-0.2, 0) is 17.8 Å². The van der Waals surface area contributed by atoms with Gasteiger partial charge in [0.1, 0.15) is 5.69 Å². The predicted octanol–water partition coefficient (Wildman–Crippen LogP) is 1.60. The van der Waals surface area contributed by atoms with E-state index in [2.05, 4.69) is 14.9 Å². The fourth-order valence-corrected chi connectivity index (χ4v) is 2.41. The Labute approximate surface area is 123 Å². The van der Waals surface area contributed by atoms with Crippen molar-refractivity contribution in [1.82, 2.24) is 19.4 Å². The van der Waals surface area contributed by atoms with Crippen LogP contribution in [-0.4, -0.2) is 33.7 Å². The first kappa shape index (κ1) is 13.9. The summed E-state index contributed by atoms with van der Waals surface area (Å²) in [7, 11) is 1.67. The van der Waals surface area contributed by atoms with Crippen molar-refractivity contribution >= 4 is 5.91 Å². The zero-order valence-corrected chi connectivity index (χ0v) is 12.2. The molecular weight excluding hydrogens is 268 g/mol. The van der Waals surface area contributed by atoms with Gasteiger partial charge in [0.15, 0.2) is 0 Å². The number of rotatable bonds is 7. The van der Waals surface area contributed by atoms with Gasteiger partial charge in [0.25, 0.3) is 5.91 Å². The lowest BCUT2D eigenvalue weighted by Crippen LogP contribution is -2.26. The second-order valence-corrected chi connectivity index (χ2v) is 5.29. The molecule has 2 heterocycles. The Morgan fingerprint density at radius 1 is 1.52 bits per heavy atom. The van der Waals surface area contributed by atoms with Gasteiger partial charge < -0.3 is 19.2 Å². The van der Waals surface area contributed by atoms with Crippen molar-refractivity contribution in [3.63, 3.8) is 0 Å². The zero-order valence-electron chi connectivity index (χ0n) is 12.2. The van der Waals surface area contributed by atoms with Gasteiger partial charge in [-0.1, -0.05) is 0 Å². The van der Waals surface area contributed by atoms with Crippen molar-refractivity contribution in [2.24, 2.45) is 0 Å². The Balaban J connectivity index is 1.60. The van der Waals surface area contributed by atoms with Gasteiger partial charge in [-0.15, -0.1) is 0 Å². The number of nitrogens with one attached hydrogen (secondary N) is 1. The maximum Gasteiger partial charge on any atom is 0.268 e. The molecule has 2 aromatic rings. The molecule has 1 amide bonds. The van der Waals surface area contributed by atoms with Crippen LogP contribution in [0.15, 0.2) is 30.9 Å². The molecular formula is C15H20N4O2. The van der Waals surface area contributed by atoms with E-state index < -0.39 is 0 Å². The van der Waals surface area contributed by atoms with Crippen molar-refractivity contribution in [2.75, 3.05) is 13.7 Å². The van der Waals surface area contributed by atoms with Gasteiger partial charge in [-0.3, -0.25) is 4.79 Å². The summed E-state index contributed by atoms with van der Waals surface area (Å²) in [6, 6.07) is 4.30. The molecule has 1 aliphatic carbocycles. The molecule has 0 spiro atoms. The highest BCUT2D eigenvalue weighted by molar-refractivity contribution is 5.92. The lowest BCUT2D eigenvalue weighted by atomic mass is 10.3. The van der Waals surface area contributed by atoms with Crippen LogP contribution in [0.4, 0.5) is 0 Å². The molecule has 0 aliphatic heterocycles. The van der Waals surface area contributed by atoms with Crippen LogP contribution in [0.2, 0.25) is 0 Å². The molecule has 1 aliphatic rings. The monoisotopic (exact) mass is 288 g/mol. The molecule has 1 N–H and O–H groups in total. The summed E-state index contributed by atoms with van der Waals surface area (Å²) in [5, 5.41) is 2.97. The Bertz CT molecular complexity index is 613. The second kappa shape index (κ2) is 6.13. The topological polar surface area (TPSA) is 61.1 Å². The molecule has 6 heteroatoms. The van der Waals surface area contributed by atoms with Gasteiger partial charge in [-0.2, -0.15) is 0 Å². The molecule has 21 heavy (non-hydrogen) atoms. The fraction of sp³-hybridized carbons (Fsp3) is 0.467. The highest BCUT2D eigenvalue weighted by atomic mass is 16.5. The summed E-state index contributed by atoms with van der Waals surface area (Å²) in [6.07, 6.45) is 7.84. The summed E-state index contributed by atoms with van der Waals surface area (Å²) in [4.78, 5) is 16.4. The summed E-state index contributed by atoms with van der Waals surface area (Å²) >= 11 is 0. The van der Waals surface area contributed by atoms with Crippen LogP contribution in [0, 0.1) is 0 Å². The number of amides is 1. The van der Waals surface area contributed by atoms with Crippen molar-refractivity contribution < 1.29 is 9.53 Å². The molecule has 6 nitrogen and oxygen atoms in total. The lowest BCUT2D eigenvalue weighted by molar-refractivity contribution is 0.0940. The van der Waals surface area contributed by atoms with Gasteiger partial charge in [0, 0.05) is 32.1 Å². The Morgan fingerprint density at radius 3 is 3.14 bits per heavy atom. The minimum atomic E-state index is -0.0357. The third-order valence-electron chi connectivity index (χ3n) is 3.72. The normalized spacial score (nSPS) is 14.3. The molecule has 112 valence electrons. The highest BCUT2D eigenvalue weighted by Crippen LogP contribution is 2.35. The fourth-order valence-electron chi connectivity index (χ4n) is 2.41. The Hall–Kier alpha value is -2.08. The lowest BCUT2D eigenvalue weighted by Gasteiger charge is -2.10. The summed E-state index contributed by atoms with van der Waals surface area (Å²) < 4.78 is 9.12. The van der Waals surface area contributed by atoms with E-state index in [0.29, 0.717) is 19.2 Å². The van der Waals surface area contributed by atoms with E-state index in [1.54, 1.807) is 19.6 Å². The number of carbonyl (C=O) groups is 1. The zero-order chi connectivity index (χ0) is 14.7. The van der Waals surface area contributed by atoms with E-state index in [1.807, 2.05) is 22.9 Å². The molecule has 2 aromatic heterocycles. The van der Waals surface area contributed by atoms with E-state index >= 15 is 0 Å². The molecule has 0 radical (unpaired) electrons. The van der Waals surface area contributed by atoms with E-state index in [4.69, 9.17) is 4.74 Å². The van der Waals surface area contributed by atoms with Gasteiger partial charge in [-0.25, -0.2) is 4.98 Å². The number of hydrogen-bond donors (Lipinski definition) is 1. The number of imidazole rings is 1. The average Bonchev–Trinajstić information content (AvgIpc) is 3.05. The molecule has 0 atom stereocenters. The average molecular weight is 288 g/mol. The first-order valence-corrected chi connectivity index (χ1v) is 7.22. The third-order valence-corrected chi connectivity index (χ3v) is 3.72. The van der Waals surface area contributed by atoms with Gasteiger partial charge >= 0.3 is 0 Å². The van der Waals surface area contributed by atoms with Crippen LogP contribution in [0.3, 0.4) is 0 Å². The molecule has 0 aromatic carbocycles. The van der Waals surface area contributed by atoms with Crippen LogP contribution >= 0.6 is 0 Å².